The van der Waals surface area contributed by atoms with Gasteiger partial charge in [-0.1, -0.05) is 6.07 Å². The summed E-state index contributed by atoms with van der Waals surface area (Å²) in [6.07, 6.45) is 0. The van der Waals surface area contributed by atoms with E-state index in [2.05, 4.69) is 10.2 Å². The molecule has 5 heteroatoms. The summed E-state index contributed by atoms with van der Waals surface area (Å²) >= 11 is 0. The van der Waals surface area contributed by atoms with E-state index in [1.165, 1.54) is 6.07 Å². The quantitative estimate of drug-likeness (QED) is 0.848. The Morgan fingerprint density at radius 3 is 3.10 bits per heavy atom. The molecule has 0 bridgehead atoms. The Kier molecular flexibility index (Phi) is 5.09. The van der Waals surface area contributed by atoms with Crippen LogP contribution in [0, 0.1) is 12.7 Å². The van der Waals surface area contributed by atoms with Crippen molar-refractivity contribution in [3.8, 4) is 0 Å². The van der Waals surface area contributed by atoms with Gasteiger partial charge >= 0.3 is 5.97 Å². The minimum absolute atomic E-state index is 0.214. The summed E-state index contributed by atoms with van der Waals surface area (Å²) in [5, 5.41) is 3.20. The standard InChI is InChI=1S/C15H21FN2O2/c1-3-20-15(19)14-9-17-6-7-18(14)10-12-8-13(16)5-4-11(12)2/h4-5,8,14,17H,3,6-7,9-10H2,1-2H3. The van der Waals surface area contributed by atoms with Gasteiger partial charge in [-0.05, 0) is 37.1 Å². The van der Waals surface area contributed by atoms with E-state index in [1.807, 2.05) is 6.92 Å². The van der Waals surface area contributed by atoms with E-state index < -0.39 is 0 Å². The molecule has 2 rings (SSSR count). The number of carbonyl (C=O) groups is 1. The highest BCUT2D eigenvalue weighted by atomic mass is 19.1. The molecule has 0 saturated carbocycles. The van der Waals surface area contributed by atoms with Crippen molar-refractivity contribution < 1.29 is 13.9 Å². The highest BCUT2D eigenvalue weighted by molar-refractivity contribution is 5.76. The van der Waals surface area contributed by atoms with Gasteiger partial charge in [0.2, 0.25) is 0 Å². The van der Waals surface area contributed by atoms with E-state index in [4.69, 9.17) is 4.74 Å². The number of ether oxygens (including phenoxy) is 1. The molecule has 1 N–H and O–H groups in total. The highest BCUT2D eigenvalue weighted by Gasteiger charge is 2.29. The smallest absolute Gasteiger partial charge is 0.324 e. The first-order chi connectivity index (χ1) is 9.61. The molecule has 1 saturated heterocycles. The number of hydrogen-bond donors (Lipinski definition) is 1. The largest absolute Gasteiger partial charge is 0.465 e. The first-order valence-electron chi connectivity index (χ1n) is 6.98. The topological polar surface area (TPSA) is 41.6 Å². The number of hydrogen-bond acceptors (Lipinski definition) is 4. The average molecular weight is 280 g/mol. The molecule has 1 aliphatic rings. The number of halogens is 1. The van der Waals surface area contributed by atoms with Crippen LogP contribution in [-0.4, -0.2) is 43.2 Å². The van der Waals surface area contributed by atoms with Gasteiger partial charge in [0.1, 0.15) is 11.9 Å². The van der Waals surface area contributed by atoms with E-state index >= 15 is 0 Å². The maximum absolute atomic E-state index is 13.4. The molecule has 0 aliphatic carbocycles. The van der Waals surface area contributed by atoms with E-state index in [1.54, 1.807) is 19.1 Å². The zero-order valence-corrected chi connectivity index (χ0v) is 12.0. The van der Waals surface area contributed by atoms with Crippen LogP contribution in [0.4, 0.5) is 4.39 Å². The highest BCUT2D eigenvalue weighted by Crippen LogP contribution is 2.16. The Balaban J connectivity index is 2.12. The molecular weight excluding hydrogens is 259 g/mol. The first-order valence-corrected chi connectivity index (χ1v) is 6.98. The number of esters is 1. The predicted molar refractivity (Wildman–Crippen MR) is 74.8 cm³/mol. The third kappa shape index (κ3) is 3.55. The summed E-state index contributed by atoms with van der Waals surface area (Å²) in [4.78, 5) is 14.0. The second-order valence-electron chi connectivity index (χ2n) is 5.01. The Morgan fingerprint density at radius 2 is 2.35 bits per heavy atom. The molecule has 4 nitrogen and oxygen atoms in total. The second-order valence-corrected chi connectivity index (χ2v) is 5.01. The Morgan fingerprint density at radius 1 is 1.55 bits per heavy atom. The summed E-state index contributed by atoms with van der Waals surface area (Å²) in [7, 11) is 0. The maximum atomic E-state index is 13.4. The van der Waals surface area contributed by atoms with Crippen molar-refractivity contribution in [1.82, 2.24) is 10.2 Å². The number of nitrogens with one attached hydrogen (secondary N) is 1. The van der Waals surface area contributed by atoms with Crippen molar-refractivity contribution in [3.63, 3.8) is 0 Å². The molecule has 1 aromatic rings. The van der Waals surface area contributed by atoms with E-state index in [0.29, 0.717) is 19.7 Å². The molecule has 0 aromatic heterocycles. The Bertz CT molecular complexity index is 479. The molecule has 0 spiro atoms. The van der Waals surface area contributed by atoms with Gasteiger partial charge in [-0.3, -0.25) is 9.69 Å². The lowest BCUT2D eigenvalue weighted by molar-refractivity contribution is -0.150. The molecule has 0 amide bonds. The molecule has 110 valence electrons. The van der Waals surface area contributed by atoms with Crippen molar-refractivity contribution in [2.75, 3.05) is 26.2 Å². The summed E-state index contributed by atoms with van der Waals surface area (Å²) in [6.45, 7) is 6.85. The Hall–Kier alpha value is -1.46. The summed E-state index contributed by atoms with van der Waals surface area (Å²) in [5.41, 5.74) is 1.95. The molecule has 1 aromatic carbocycles. The van der Waals surface area contributed by atoms with Crippen LogP contribution in [0.2, 0.25) is 0 Å². The number of aryl methyl sites for hydroxylation is 1. The monoisotopic (exact) mass is 280 g/mol. The van der Waals surface area contributed by atoms with Crippen LogP contribution in [0.15, 0.2) is 18.2 Å². The van der Waals surface area contributed by atoms with Crippen LogP contribution in [0.25, 0.3) is 0 Å². The van der Waals surface area contributed by atoms with Gasteiger partial charge in [0.25, 0.3) is 0 Å². The average Bonchev–Trinajstić information content (AvgIpc) is 2.44. The van der Waals surface area contributed by atoms with Crippen LogP contribution < -0.4 is 5.32 Å². The summed E-state index contributed by atoms with van der Waals surface area (Å²) < 4.78 is 18.5. The fourth-order valence-electron chi connectivity index (χ4n) is 2.44. The molecule has 1 atom stereocenters. The molecule has 1 aliphatic heterocycles. The number of nitrogens with zero attached hydrogens (tertiary/aromatic N) is 1. The van der Waals surface area contributed by atoms with Gasteiger partial charge in [-0.15, -0.1) is 0 Å². The lowest BCUT2D eigenvalue weighted by Gasteiger charge is -2.34. The molecule has 1 heterocycles. The van der Waals surface area contributed by atoms with Crippen LogP contribution in [0.1, 0.15) is 18.1 Å². The third-order valence-electron chi connectivity index (χ3n) is 3.60. The number of carbonyl (C=O) groups excluding carboxylic acids is 1. The van der Waals surface area contributed by atoms with Crippen molar-refractivity contribution >= 4 is 5.97 Å². The van der Waals surface area contributed by atoms with Gasteiger partial charge in [0.05, 0.1) is 6.61 Å². The summed E-state index contributed by atoms with van der Waals surface area (Å²) in [5.74, 6) is -0.456. The first kappa shape index (κ1) is 14.9. The lowest BCUT2D eigenvalue weighted by Crippen LogP contribution is -2.54. The van der Waals surface area contributed by atoms with Crippen LogP contribution in [-0.2, 0) is 16.1 Å². The normalized spacial score (nSPS) is 19.9. The molecule has 1 fully saturated rings. The van der Waals surface area contributed by atoms with E-state index in [9.17, 15) is 9.18 Å². The zero-order valence-electron chi connectivity index (χ0n) is 12.0. The third-order valence-corrected chi connectivity index (χ3v) is 3.60. The lowest BCUT2D eigenvalue weighted by atomic mass is 10.1. The fraction of sp³-hybridized carbons (Fsp3) is 0.533. The number of piperazine rings is 1. The van der Waals surface area contributed by atoms with Gasteiger partial charge in [0.15, 0.2) is 0 Å². The zero-order chi connectivity index (χ0) is 14.5. The van der Waals surface area contributed by atoms with Gasteiger partial charge in [0, 0.05) is 26.2 Å². The van der Waals surface area contributed by atoms with Gasteiger partial charge < -0.3 is 10.1 Å². The molecular formula is C15H21FN2O2. The molecule has 20 heavy (non-hydrogen) atoms. The second kappa shape index (κ2) is 6.81. The van der Waals surface area contributed by atoms with Crippen LogP contribution >= 0.6 is 0 Å². The van der Waals surface area contributed by atoms with Gasteiger partial charge in [-0.25, -0.2) is 4.39 Å². The summed E-state index contributed by atoms with van der Waals surface area (Å²) in [6, 6.07) is 4.47. The van der Waals surface area contributed by atoms with Crippen LogP contribution in [0.3, 0.4) is 0 Å². The van der Waals surface area contributed by atoms with Crippen LogP contribution in [0.5, 0.6) is 0 Å². The molecule has 1 unspecified atom stereocenters. The van der Waals surface area contributed by atoms with E-state index in [0.717, 1.165) is 24.2 Å². The van der Waals surface area contributed by atoms with Crippen molar-refractivity contribution in [2.24, 2.45) is 0 Å². The van der Waals surface area contributed by atoms with Gasteiger partial charge in [-0.2, -0.15) is 0 Å². The Labute approximate surface area is 118 Å². The van der Waals surface area contributed by atoms with Crippen molar-refractivity contribution in [3.05, 3.63) is 35.1 Å². The number of rotatable bonds is 4. The van der Waals surface area contributed by atoms with E-state index in [-0.39, 0.29) is 17.8 Å². The van der Waals surface area contributed by atoms with Crippen molar-refractivity contribution in [1.29, 1.82) is 0 Å². The number of benzene rings is 1. The maximum Gasteiger partial charge on any atom is 0.324 e. The SMILES string of the molecule is CCOC(=O)C1CNCCN1Cc1cc(F)ccc1C. The minimum Gasteiger partial charge on any atom is -0.465 e. The predicted octanol–water partition coefficient (Wildman–Crippen LogP) is 1.47. The molecule has 0 radical (unpaired) electrons. The fourth-order valence-corrected chi connectivity index (χ4v) is 2.44. The minimum atomic E-state index is -0.300. The van der Waals surface area contributed by atoms with Crippen molar-refractivity contribution in [2.45, 2.75) is 26.4 Å².